The summed E-state index contributed by atoms with van der Waals surface area (Å²) in [5.41, 5.74) is 4.34. The first kappa shape index (κ1) is 13.2. The highest BCUT2D eigenvalue weighted by Gasteiger charge is 2.26. The van der Waals surface area contributed by atoms with Crippen LogP contribution in [0, 0.1) is 11.3 Å². The van der Waals surface area contributed by atoms with E-state index in [1.165, 1.54) is 16.7 Å². The van der Waals surface area contributed by atoms with Crippen LogP contribution in [0.4, 0.5) is 0 Å². The lowest BCUT2D eigenvalue weighted by Gasteiger charge is -2.27. The molecular formula is C17H24O. The molecule has 18 heavy (non-hydrogen) atoms. The molecule has 1 aromatic carbocycles. The van der Waals surface area contributed by atoms with E-state index in [2.05, 4.69) is 33.4 Å². The van der Waals surface area contributed by atoms with Crippen molar-refractivity contribution in [2.75, 3.05) is 0 Å². The standard InChI is InChI=1S/C17H24O/c1-5-17(3,4)12(2)8-13-9-14-6-7-16(18)11-15(14)10-13/h6-7,11,13,18H,2,5,8-10H2,1,3-4H3. The van der Waals surface area contributed by atoms with Crippen LogP contribution in [-0.4, -0.2) is 5.11 Å². The molecule has 0 heterocycles. The summed E-state index contributed by atoms with van der Waals surface area (Å²) in [5.74, 6) is 1.06. The fraction of sp³-hybridized carbons (Fsp3) is 0.529. The number of phenolic OH excluding ortho intramolecular Hbond substituents is 1. The summed E-state index contributed by atoms with van der Waals surface area (Å²) in [5, 5.41) is 9.51. The molecule has 98 valence electrons. The second-order valence-electron chi connectivity index (χ2n) is 6.27. The topological polar surface area (TPSA) is 20.2 Å². The van der Waals surface area contributed by atoms with Crippen molar-refractivity contribution in [2.24, 2.45) is 11.3 Å². The molecule has 0 amide bonds. The molecule has 0 spiro atoms. The van der Waals surface area contributed by atoms with Crippen molar-refractivity contribution < 1.29 is 5.11 Å². The molecule has 0 bridgehead atoms. The van der Waals surface area contributed by atoms with Crippen LogP contribution in [-0.2, 0) is 12.8 Å². The maximum atomic E-state index is 9.51. The van der Waals surface area contributed by atoms with Crippen LogP contribution in [0.3, 0.4) is 0 Å². The Morgan fingerprint density at radius 2 is 2.00 bits per heavy atom. The molecule has 1 aliphatic rings. The summed E-state index contributed by atoms with van der Waals surface area (Å²) in [6.45, 7) is 11.1. The molecule has 0 fully saturated rings. The number of allylic oxidation sites excluding steroid dienone is 1. The average molecular weight is 244 g/mol. The highest BCUT2D eigenvalue weighted by molar-refractivity contribution is 5.38. The van der Waals surface area contributed by atoms with Crippen LogP contribution in [0.15, 0.2) is 30.4 Å². The maximum absolute atomic E-state index is 9.51. The van der Waals surface area contributed by atoms with E-state index >= 15 is 0 Å². The van der Waals surface area contributed by atoms with Crippen LogP contribution in [0.2, 0.25) is 0 Å². The van der Waals surface area contributed by atoms with Gasteiger partial charge in [0.2, 0.25) is 0 Å². The van der Waals surface area contributed by atoms with Crippen LogP contribution in [0.25, 0.3) is 0 Å². The minimum Gasteiger partial charge on any atom is -0.508 e. The average Bonchev–Trinajstić information content (AvgIpc) is 2.70. The zero-order chi connectivity index (χ0) is 13.3. The van der Waals surface area contributed by atoms with Crippen molar-refractivity contribution in [2.45, 2.75) is 46.5 Å². The fourth-order valence-corrected chi connectivity index (χ4v) is 2.71. The van der Waals surface area contributed by atoms with E-state index in [4.69, 9.17) is 0 Å². The highest BCUT2D eigenvalue weighted by atomic mass is 16.3. The van der Waals surface area contributed by atoms with Crippen LogP contribution < -0.4 is 0 Å². The first-order chi connectivity index (χ1) is 8.42. The third-order valence-corrected chi connectivity index (χ3v) is 4.58. The van der Waals surface area contributed by atoms with E-state index in [-0.39, 0.29) is 5.41 Å². The van der Waals surface area contributed by atoms with Gasteiger partial charge in [-0.15, -0.1) is 0 Å². The van der Waals surface area contributed by atoms with E-state index in [1.807, 2.05) is 6.07 Å². The van der Waals surface area contributed by atoms with Gasteiger partial charge >= 0.3 is 0 Å². The fourth-order valence-electron chi connectivity index (χ4n) is 2.71. The third kappa shape index (κ3) is 2.60. The van der Waals surface area contributed by atoms with Crippen LogP contribution in [0.1, 0.15) is 44.7 Å². The highest BCUT2D eigenvalue weighted by Crippen LogP contribution is 2.38. The summed E-state index contributed by atoms with van der Waals surface area (Å²) < 4.78 is 0. The predicted molar refractivity (Wildman–Crippen MR) is 76.8 cm³/mol. The van der Waals surface area contributed by atoms with Gasteiger partial charge in [-0.25, -0.2) is 0 Å². The Bertz CT molecular complexity index is 457. The number of phenols is 1. The molecule has 1 aliphatic carbocycles. The molecule has 2 rings (SSSR count). The van der Waals surface area contributed by atoms with E-state index in [1.54, 1.807) is 6.07 Å². The van der Waals surface area contributed by atoms with E-state index in [9.17, 15) is 5.11 Å². The lowest BCUT2D eigenvalue weighted by molar-refractivity contribution is 0.388. The molecule has 0 saturated heterocycles. The van der Waals surface area contributed by atoms with Gasteiger partial charge in [0.05, 0.1) is 0 Å². The van der Waals surface area contributed by atoms with Gasteiger partial charge in [0.1, 0.15) is 5.75 Å². The van der Waals surface area contributed by atoms with Crippen LogP contribution in [0.5, 0.6) is 5.75 Å². The number of fused-ring (bicyclic) bond motifs is 1. The number of aromatic hydroxyl groups is 1. The van der Waals surface area contributed by atoms with Crippen molar-refractivity contribution in [1.29, 1.82) is 0 Å². The Kier molecular flexibility index (Phi) is 3.52. The van der Waals surface area contributed by atoms with Gasteiger partial charge < -0.3 is 5.11 Å². The Labute approximate surface area is 111 Å². The predicted octanol–water partition coefficient (Wildman–Crippen LogP) is 4.49. The minimum atomic E-state index is 0.247. The summed E-state index contributed by atoms with van der Waals surface area (Å²) in [4.78, 5) is 0. The second kappa shape index (κ2) is 4.79. The SMILES string of the molecule is C=C(CC1Cc2ccc(O)cc2C1)C(C)(C)CC. The molecule has 0 saturated carbocycles. The first-order valence-electron chi connectivity index (χ1n) is 6.91. The Morgan fingerprint density at radius 1 is 1.33 bits per heavy atom. The molecule has 0 aliphatic heterocycles. The molecule has 1 atom stereocenters. The molecule has 1 unspecified atom stereocenters. The monoisotopic (exact) mass is 244 g/mol. The second-order valence-corrected chi connectivity index (χ2v) is 6.27. The van der Waals surface area contributed by atoms with E-state index in [0.717, 1.165) is 25.7 Å². The molecule has 1 heteroatoms. The summed E-state index contributed by atoms with van der Waals surface area (Å²) >= 11 is 0. The van der Waals surface area contributed by atoms with Crippen molar-refractivity contribution in [3.05, 3.63) is 41.5 Å². The Balaban J connectivity index is 2.02. The lowest BCUT2D eigenvalue weighted by atomic mass is 9.78. The number of benzene rings is 1. The zero-order valence-electron chi connectivity index (χ0n) is 11.8. The molecule has 1 N–H and O–H groups in total. The molecular weight excluding hydrogens is 220 g/mol. The van der Waals surface area contributed by atoms with Crippen molar-refractivity contribution in [3.63, 3.8) is 0 Å². The van der Waals surface area contributed by atoms with Crippen molar-refractivity contribution >= 4 is 0 Å². The summed E-state index contributed by atoms with van der Waals surface area (Å²) in [6.07, 6.45) is 4.47. The van der Waals surface area contributed by atoms with Gasteiger partial charge in [0.25, 0.3) is 0 Å². The smallest absolute Gasteiger partial charge is 0.115 e. The van der Waals surface area contributed by atoms with Gasteiger partial charge in [-0.1, -0.05) is 39.0 Å². The van der Waals surface area contributed by atoms with E-state index < -0.39 is 0 Å². The number of rotatable bonds is 4. The molecule has 1 aromatic rings. The van der Waals surface area contributed by atoms with Gasteiger partial charge in [-0.05, 0) is 60.3 Å². The summed E-state index contributed by atoms with van der Waals surface area (Å²) in [6, 6.07) is 5.79. The molecule has 1 nitrogen and oxygen atoms in total. The van der Waals surface area contributed by atoms with Crippen molar-refractivity contribution in [3.8, 4) is 5.75 Å². The number of hydrogen-bond acceptors (Lipinski definition) is 1. The summed E-state index contributed by atoms with van der Waals surface area (Å²) in [7, 11) is 0. The minimum absolute atomic E-state index is 0.247. The quantitative estimate of drug-likeness (QED) is 0.774. The zero-order valence-corrected chi connectivity index (χ0v) is 11.8. The van der Waals surface area contributed by atoms with Crippen LogP contribution >= 0.6 is 0 Å². The lowest BCUT2D eigenvalue weighted by Crippen LogP contribution is -2.15. The van der Waals surface area contributed by atoms with Gasteiger partial charge in [0.15, 0.2) is 0 Å². The van der Waals surface area contributed by atoms with Gasteiger partial charge in [-0.3, -0.25) is 0 Å². The largest absolute Gasteiger partial charge is 0.508 e. The van der Waals surface area contributed by atoms with Gasteiger partial charge in [0, 0.05) is 0 Å². The first-order valence-corrected chi connectivity index (χ1v) is 6.91. The molecule has 0 aromatic heterocycles. The normalized spacial score (nSPS) is 18.7. The van der Waals surface area contributed by atoms with Gasteiger partial charge in [-0.2, -0.15) is 0 Å². The third-order valence-electron chi connectivity index (χ3n) is 4.58. The maximum Gasteiger partial charge on any atom is 0.115 e. The molecule has 0 radical (unpaired) electrons. The Morgan fingerprint density at radius 3 is 2.67 bits per heavy atom. The Hall–Kier alpha value is -1.24. The number of hydrogen-bond donors (Lipinski definition) is 1. The van der Waals surface area contributed by atoms with E-state index in [0.29, 0.717) is 11.7 Å². The van der Waals surface area contributed by atoms with Crippen molar-refractivity contribution in [1.82, 2.24) is 0 Å².